The lowest BCUT2D eigenvalue weighted by Crippen LogP contribution is -2.37. The van der Waals surface area contributed by atoms with Crippen LogP contribution in [0.4, 0.5) is 0 Å². The van der Waals surface area contributed by atoms with Gasteiger partial charge in [-0.05, 0) is 19.8 Å². The average molecular weight is 183 g/mol. The SMILES string of the molecule is CC1CNCC2(CCCCC2)CO1. The normalized spacial score (nSPS) is 34.4. The van der Waals surface area contributed by atoms with E-state index in [-0.39, 0.29) is 0 Å². The van der Waals surface area contributed by atoms with Crippen molar-refractivity contribution in [1.82, 2.24) is 5.32 Å². The van der Waals surface area contributed by atoms with E-state index < -0.39 is 0 Å². The monoisotopic (exact) mass is 183 g/mol. The Balaban J connectivity index is 1.95. The van der Waals surface area contributed by atoms with Crippen molar-refractivity contribution in [3.05, 3.63) is 0 Å². The van der Waals surface area contributed by atoms with Crippen LogP contribution in [0.2, 0.25) is 0 Å². The number of ether oxygens (including phenoxy) is 1. The molecule has 1 saturated heterocycles. The molecule has 76 valence electrons. The van der Waals surface area contributed by atoms with Crippen molar-refractivity contribution in [1.29, 1.82) is 0 Å². The van der Waals surface area contributed by atoms with Crippen LogP contribution in [-0.4, -0.2) is 25.8 Å². The van der Waals surface area contributed by atoms with Gasteiger partial charge >= 0.3 is 0 Å². The van der Waals surface area contributed by atoms with E-state index in [1.807, 2.05) is 0 Å². The molecular weight excluding hydrogens is 162 g/mol. The van der Waals surface area contributed by atoms with Gasteiger partial charge in [-0.1, -0.05) is 19.3 Å². The first-order valence-corrected chi connectivity index (χ1v) is 5.63. The molecule has 1 aliphatic carbocycles. The summed E-state index contributed by atoms with van der Waals surface area (Å²) in [6.45, 7) is 5.36. The summed E-state index contributed by atoms with van der Waals surface area (Å²) in [7, 11) is 0. The highest BCUT2D eigenvalue weighted by molar-refractivity contribution is 4.87. The maximum absolute atomic E-state index is 5.83. The van der Waals surface area contributed by atoms with E-state index in [1.165, 1.54) is 38.6 Å². The third-order valence-corrected chi connectivity index (χ3v) is 3.52. The van der Waals surface area contributed by atoms with Crippen LogP contribution in [0, 0.1) is 5.41 Å². The van der Waals surface area contributed by atoms with Crippen LogP contribution in [0.25, 0.3) is 0 Å². The molecule has 1 N–H and O–H groups in total. The maximum Gasteiger partial charge on any atom is 0.0671 e. The lowest BCUT2D eigenvalue weighted by atomic mass is 9.75. The summed E-state index contributed by atoms with van der Waals surface area (Å²) < 4.78 is 5.83. The first-order valence-electron chi connectivity index (χ1n) is 5.63. The average Bonchev–Trinajstić information content (AvgIpc) is 2.32. The zero-order valence-electron chi connectivity index (χ0n) is 8.64. The van der Waals surface area contributed by atoms with Gasteiger partial charge in [0.05, 0.1) is 12.7 Å². The summed E-state index contributed by atoms with van der Waals surface area (Å²) >= 11 is 0. The van der Waals surface area contributed by atoms with Gasteiger partial charge in [0.15, 0.2) is 0 Å². The van der Waals surface area contributed by atoms with Gasteiger partial charge in [-0.2, -0.15) is 0 Å². The van der Waals surface area contributed by atoms with Crippen molar-refractivity contribution < 1.29 is 4.74 Å². The van der Waals surface area contributed by atoms with Gasteiger partial charge in [0, 0.05) is 18.5 Å². The molecule has 0 amide bonds. The van der Waals surface area contributed by atoms with Crippen molar-refractivity contribution >= 4 is 0 Å². The largest absolute Gasteiger partial charge is 0.377 e. The van der Waals surface area contributed by atoms with E-state index in [4.69, 9.17) is 4.74 Å². The van der Waals surface area contributed by atoms with Crippen LogP contribution in [-0.2, 0) is 4.74 Å². The first-order chi connectivity index (χ1) is 6.31. The fourth-order valence-corrected chi connectivity index (χ4v) is 2.59. The van der Waals surface area contributed by atoms with Crippen molar-refractivity contribution in [3.8, 4) is 0 Å². The van der Waals surface area contributed by atoms with E-state index in [0.717, 1.165) is 13.2 Å². The molecule has 1 aliphatic heterocycles. The number of nitrogens with one attached hydrogen (secondary N) is 1. The minimum absolute atomic E-state index is 0.404. The zero-order valence-corrected chi connectivity index (χ0v) is 8.64. The molecule has 0 aromatic rings. The molecule has 0 bridgehead atoms. The van der Waals surface area contributed by atoms with Gasteiger partial charge in [0.25, 0.3) is 0 Å². The second kappa shape index (κ2) is 3.97. The van der Waals surface area contributed by atoms with Crippen LogP contribution < -0.4 is 5.32 Å². The van der Waals surface area contributed by atoms with Crippen molar-refractivity contribution in [3.63, 3.8) is 0 Å². The molecule has 2 nitrogen and oxygen atoms in total. The first kappa shape index (κ1) is 9.47. The Labute approximate surface area is 81.0 Å². The summed E-state index contributed by atoms with van der Waals surface area (Å²) in [6, 6.07) is 0. The summed E-state index contributed by atoms with van der Waals surface area (Å²) in [5, 5.41) is 3.53. The van der Waals surface area contributed by atoms with Crippen LogP contribution in [0.15, 0.2) is 0 Å². The van der Waals surface area contributed by atoms with Gasteiger partial charge in [-0.25, -0.2) is 0 Å². The van der Waals surface area contributed by atoms with E-state index in [1.54, 1.807) is 0 Å². The van der Waals surface area contributed by atoms with Crippen LogP contribution in [0.3, 0.4) is 0 Å². The molecule has 2 aliphatic rings. The molecule has 0 aromatic carbocycles. The van der Waals surface area contributed by atoms with Gasteiger partial charge in [0.1, 0.15) is 0 Å². The molecule has 0 aromatic heterocycles. The Kier molecular flexibility index (Phi) is 2.89. The molecule has 13 heavy (non-hydrogen) atoms. The fourth-order valence-electron chi connectivity index (χ4n) is 2.59. The highest BCUT2D eigenvalue weighted by Crippen LogP contribution is 2.36. The van der Waals surface area contributed by atoms with Crippen molar-refractivity contribution in [2.45, 2.75) is 45.1 Å². The third-order valence-electron chi connectivity index (χ3n) is 3.52. The molecule has 1 atom stereocenters. The predicted octanol–water partition coefficient (Wildman–Crippen LogP) is 1.95. The van der Waals surface area contributed by atoms with Crippen LogP contribution >= 0.6 is 0 Å². The predicted molar refractivity (Wildman–Crippen MR) is 53.8 cm³/mol. The smallest absolute Gasteiger partial charge is 0.0671 e. The van der Waals surface area contributed by atoms with Gasteiger partial charge in [-0.3, -0.25) is 0 Å². The van der Waals surface area contributed by atoms with Crippen molar-refractivity contribution in [2.24, 2.45) is 5.41 Å². The molecule has 1 unspecified atom stereocenters. The zero-order chi connectivity index (χ0) is 9.15. The standard InChI is InChI=1S/C11H21NO/c1-10-7-12-8-11(9-13-10)5-3-2-4-6-11/h10,12H,2-9H2,1H3. The van der Waals surface area contributed by atoms with Gasteiger partial charge in [0.2, 0.25) is 0 Å². The molecule has 2 heteroatoms. The Morgan fingerprint density at radius 1 is 1.23 bits per heavy atom. The van der Waals surface area contributed by atoms with Gasteiger partial charge in [-0.15, -0.1) is 0 Å². The summed E-state index contributed by atoms with van der Waals surface area (Å²) in [4.78, 5) is 0. The third kappa shape index (κ3) is 2.23. The Morgan fingerprint density at radius 3 is 2.77 bits per heavy atom. The second-order valence-electron chi connectivity index (χ2n) is 4.81. The fraction of sp³-hybridized carbons (Fsp3) is 1.00. The number of hydrogen-bond donors (Lipinski definition) is 1. The summed E-state index contributed by atoms with van der Waals surface area (Å²) in [6.07, 6.45) is 7.37. The molecule has 0 radical (unpaired) electrons. The molecule has 1 saturated carbocycles. The lowest BCUT2D eigenvalue weighted by molar-refractivity contribution is 0.00734. The van der Waals surface area contributed by atoms with Crippen LogP contribution in [0.1, 0.15) is 39.0 Å². The van der Waals surface area contributed by atoms with Crippen LogP contribution in [0.5, 0.6) is 0 Å². The Bertz CT molecular complexity index is 163. The summed E-state index contributed by atoms with van der Waals surface area (Å²) in [5.41, 5.74) is 0.489. The quantitative estimate of drug-likeness (QED) is 0.619. The van der Waals surface area contributed by atoms with E-state index in [2.05, 4.69) is 12.2 Å². The number of hydrogen-bond acceptors (Lipinski definition) is 2. The number of rotatable bonds is 0. The minimum atomic E-state index is 0.404. The topological polar surface area (TPSA) is 21.3 Å². The Hall–Kier alpha value is -0.0800. The minimum Gasteiger partial charge on any atom is -0.377 e. The van der Waals surface area contributed by atoms with Gasteiger partial charge < -0.3 is 10.1 Å². The van der Waals surface area contributed by atoms with E-state index in [0.29, 0.717) is 11.5 Å². The summed E-state index contributed by atoms with van der Waals surface area (Å²) in [5.74, 6) is 0. The molecule has 1 spiro atoms. The van der Waals surface area contributed by atoms with E-state index >= 15 is 0 Å². The molecule has 2 fully saturated rings. The lowest BCUT2D eigenvalue weighted by Gasteiger charge is -2.35. The highest BCUT2D eigenvalue weighted by Gasteiger charge is 2.34. The molecule has 1 heterocycles. The second-order valence-corrected chi connectivity index (χ2v) is 4.81. The maximum atomic E-state index is 5.83. The Morgan fingerprint density at radius 2 is 2.00 bits per heavy atom. The molecule has 2 rings (SSSR count). The molecular formula is C11H21NO. The van der Waals surface area contributed by atoms with E-state index in [9.17, 15) is 0 Å². The highest BCUT2D eigenvalue weighted by atomic mass is 16.5. The van der Waals surface area contributed by atoms with Crippen molar-refractivity contribution in [2.75, 3.05) is 19.7 Å².